The minimum atomic E-state index is -0.163. The molecular formula is C14H22N2O2. The van der Waals surface area contributed by atoms with Crippen molar-refractivity contribution in [3.63, 3.8) is 0 Å². The zero-order chi connectivity index (χ0) is 13.4. The van der Waals surface area contributed by atoms with Crippen LogP contribution >= 0.6 is 0 Å². The zero-order valence-electron chi connectivity index (χ0n) is 11.4. The number of carbonyl (C=O) groups excluding carboxylic acids is 1. The molecule has 4 nitrogen and oxygen atoms in total. The van der Waals surface area contributed by atoms with Crippen LogP contribution in [0.4, 0.5) is 10.5 Å². The van der Waals surface area contributed by atoms with Gasteiger partial charge in [-0.1, -0.05) is 18.2 Å². The number of rotatable bonds is 6. The molecule has 0 radical (unpaired) electrons. The van der Waals surface area contributed by atoms with Gasteiger partial charge in [-0.05, 0) is 38.3 Å². The Balaban J connectivity index is 2.36. The van der Waals surface area contributed by atoms with Crippen LogP contribution in [0.5, 0.6) is 0 Å². The van der Waals surface area contributed by atoms with E-state index in [0.29, 0.717) is 19.8 Å². The van der Waals surface area contributed by atoms with E-state index in [1.807, 2.05) is 39.0 Å². The van der Waals surface area contributed by atoms with Crippen molar-refractivity contribution in [2.45, 2.75) is 27.2 Å². The Morgan fingerprint density at radius 1 is 1.28 bits per heavy atom. The van der Waals surface area contributed by atoms with Crippen molar-refractivity contribution < 1.29 is 9.53 Å². The van der Waals surface area contributed by atoms with Crippen LogP contribution in [-0.2, 0) is 4.74 Å². The summed E-state index contributed by atoms with van der Waals surface area (Å²) in [6.07, 6.45) is 0.827. The van der Waals surface area contributed by atoms with E-state index in [-0.39, 0.29) is 6.03 Å². The highest BCUT2D eigenvalue weighted by molar-refractivity contribution is 5.90. The molecule has 2 amide bonds. The highest BCUT2D eigenvalue weighted by atomic mass is 16.5. The lowest BCUT2D eigenvalue weighted by atomic mass is 10.1. The summed E-state index contributed by atoms with van der Waals surface area (Å²) in [6, 6.07) is 5.79. The second-order valence-corrected chi connectivity index (χ2v) is 4.20. The first kappa shape index (κ1) is 14.5. The Labute approximate surface area is 109 Å². The predicted octanol–water partition coefficient (Wildman–Crippen LogP) is 2.85. The molecule has 18 heavy (non-hydrogen) atoms. The highest BCUT2D eigenvalue weighted by Gasteiger charge is 2.05. The van der Waals surface area contributed by atoms with Crippen molar-refractivity contribution in [3.8, 4) is 0 Å². The molecule has 1 aromatic carbocycles. The fraction of sp³-hybridized carbons (Fsp3) is 0.500. The third-order valence-corrected chi connectivity index (χ3v) is 2.67. The van der Waals surface area contributed by atoms with E-state index in [9.17, 15) is 4.79 Å². The van der Waals surface area contributed by atoms with Gasteiger partial charge in [-0.25, -0.2) is 4.79 Å². The van der Waals surface area contributed by atoms with E-state index in [2.05, 4.69) is 10.6 Å². The first-order valence-corrected chi connectivity index (χ1v) is 6.34. The summed E-state index contributed by atoms with van der Waals surface area (Å²) < 4.78 is 5.20. The Kier molecular flexibility index (Phi) is 6.22. The summed E-state index contributed by atoms with van der Waals surface area (Å²) in [5, 5.41) is 5.69. The average Bonchev–Trinajstić information content (AvgIpc) is 2.34. The summed E-state index contributed by atoms with van der Waals surface area (Å²) in [6.45, 7) is 7.95. The van der Waals surface area contributed by atoms with Gasteiger partial charge in [0.1, 0.15) is 0 Å². The van der Waals surface area contributed by atoms with Crippen molar-refractivity contribution in [1.82, 2.24) is 5.32 Å². The number of hydrogen-bond acceptors (Lipinski definition) is 2. The van der Waals surface area contributed by atoms with Crippen molar-refractivity contribution in [1.29, 1.82) is 0 Å². The molecule has 0 saturated heterocycles. The van der Waals surface area contributed by atoms with Gasteiger partial charge in [0.25, 0.3) is 0 Å². The van der Waals surface area contributed by atoms with E-state index >= 15 is 0 Å². The third-order valence-electron chi connectivity index (χ3n) is 2.67. The van der Waals surface area contributed by atoms with Crippen molar-refractivity contribution in [2.24, 2.45) is 0 Å². The number of para-hydroxylation sites is 1. The molecule has 0 bridgehead atoms. The Morgan fingerprint density at radius 3 is 2.56 bits per heavy atom. The lowest BCUT2D eigenvalue weighted by Crippen LogP contribution is -2.30. The fourth-order valence-electron chi connectivity index (χ4n) is 1.69. The number of hydrogen-bond donors (Lipinski definition) is 2. The van der Waals surface area contributed by atoms with Gasteiger partial charge in [0.15, 0.2) is 0 Å². The van der Waals surface area contributed by atoms with Gasteiger partial charge < -0.3 is 15.4 Å². The van der Waals surface area contributed by atoms with Gasteiger partial charge in [0.2, 0.25) is 0 Å². The number of amides is 2. The minimum absolute atomic E-state index is 0.163. The first-order valence-electron chi connectivity index (χ1n) is 6.34. The van der Waals surface area contributed by atoms with E-state index in [4.69, 9.17) is 4.74 Å². The molecule has 0 aliphatic carbocycles. The molecule has 0 atom stereocenters. The quantitative estimate of drug-likeness (QED) is 0.763. The summed E-state index contributed by atoms with van der Waals surface area (Å²) in [4.78, 5) is 11.7. The predicted molar refractivity (Wildman–Crippen MR) is 74.0 cm³/mol. The molecule has 0 fully saturated rings. The molecule has 100 valence electrons. The molecule has 0 spiro atoms. The molecule has 0 aromatic heterocycles. The van der Waals surface area contributed by atoms with E-state index in [1.54, 1.807) is 0 Å². The maximum absolute atomic E-state index is 11.7. The fourth-order valence-corrected chi connectivity index (χ4v) is 1.69. The lowest BCUT2D eigenvalue weighted by Gasteiger charge is -2.12. The smallest absolute Gasteiger partial charge is 0.319 e. The molecule has 1 aromatic rings. The maximum Gasteiger partial charge on any atom is 0.319 e. The van der Waals surface area contributed by atoms with Crippen molar-refractivity contribution in [2.75, 3.05) is 25.1 Å². The highest BCUT2D eigenvalue weighted by Crippen LogP contribution is 2.18. The van der Waals surface area contributed by atoms with Crippen LogP contribution in [0, 0.1) is 13.8 Å². The summed E-state index contributed by atoms with van der Waals surface area (Å²) >= 11 is 0. The van der Waals surface area contributed by atoms with Gasteiger partial charge in [-0.3, -0.25) is 0 Å². The van der Waals surface area contributed by atoms with Gasteiger partial charge in [-0.2, -0.15) is 0 Å². The van der Waals surface area contributed by atoms with E-state index in [0.717, 1.165) is 23.2 Å². The van der Waals surface area contributed by atoms with Gasteiger partial charge in [-0.15, -0.1) is 0 Å². The largest absolute Gasteiger partial charge is 0.382 e. The summed E-state index contributed by atoms with van der Waals surface area (Å²) in [7, 11) is 0. The van der Waals surface area contributed by atoms with Crippen LogP contribution in [0.2, 0.25) is 0 Å². The maximum atomic E-state index is 11.7. The average molecular weight is 250 g/mol. The Hall–Kier alpha value is -1.55. The molecule has 0 aliphatic rings. The van der Waals surface area contributed by atoms with Crippen LogP contribution < -0.4 is 10.6 Å². The Bertz CT molecular complexity index is 371. The van der Waals surface area contributed by atoms with Gasteiger partial charge in [0, 0.05) is 25.4 Å². The summed E-state index contributed by atoms with van der Waals surface area (Å²) in [5.74, 6) is 0. The molecule has 1 rings (SSSR count). The molecule has 0 unspecified atom stereocenters. The van der Waals surface area contributed by atoms with E-state index < -0.39 is 0 Å². The van der Waals surface area contributed by atoms with Crippen LogP contribution in [0.15, 0.2) is 18.2 Å². The van der Waals surface area contributed by atoms with Crippen molar-refractivity contribution >= 4 is 11.7 Å². The Morgan fingerprint density at radius 2 is 1.94 bits per heavy atom. The standard InChI is InChI=1S/C14H22N2O2/c1-4-18-10-6-9-15-14(17)16-13-11(2)7-5-8-12(13)3/h5,7-8H,4,6,9-10H2,1-3H3,(H2,15,16,17). The monoisotopic (exact) mass is 250 g/mol. The third kappa shape index (κ3) is 4.75. The van der Waals surface area contributed by atoms with Crippen LogP contribution in [0.3, 0.4) is 0 Å². The van der Waals surface area contributed by atoms with Crippen LogP contribution in [-0.4, -0.2) is 25.8 Å². The van der Waals surface area contributed by atoms with Gasteiger partial charge in [0.05, 0.1) is 0 Å². The topological polar surface area (TPSA) is 50.4 Å². The number of anilines is 1. The second-order valence-electron chi connectivity index (χ2n) is 4.20. The first-order chi connectivity index (χ1) is 8.65. The normalized spacial score (nSPS) is 10.2. The number of carbonyl (C=O) groups is 1. The molecule has 0 aliphatic heterocycles. The van der Waals surface area contributed by atoms with Gasteiger partial charge >= 0.3 is 6.03 Å². The minimum Gasteiger partial charge on any atom is -0.382 e. The number of benzene rings is 1. The number of urea groups is 1. The number of aryl methyl sites for hydroxylation is 2. The van der Waals surface area contributed by atoms with Crippen LogP contribution in [0.25, 0.3) is 0 Å². The second kappa shape index (κ2) is 7.71. The molecule has 2 N–H and O–H groups in total. The zero-order valence-corrected chi connectivity index (χ0v) is 11.4. The lowest BCUT2D eigenvalue weighted by molar-refractivity contribution is 0.145. The van der Waals surface area contributed by atoms with Crippen molar-refractivity contribution in [3.05, 3.63) is 29.3 Å². The van der Waals surface area contributed by atoms with E-state index in [1.165, 1.54) is 0 Å². The molecule has 4 heteroatoms. The molecular weight excluding hydrogens is 228 g/mol. The number of nitrogens with one attached hydrogen (secondary N) is 2. The number of ether oxygens (including phenoxy) is 1. The molecule has 0 saturated carbocycles. The summed E-state index contributed by atoms with van der Waals surface area (Å²) in [5.41, 5.74) is 3.03. The van der Waals surface area contributed by atoms with Crippen LogP contribution in [0.1, 0.15) is 24.5 Å². The SMILES string of the molecule is CCOCCCNC(=O)Nc1c(C)cccc1C. The molecule has 0 heterocycles.